The van der Waals surface area contributed by atoms with E-state index >= 15 is 0 Å². The van der Waals surface area contributed by atoms with Crippen LogP contribution in [0.25, 0.3) is 103 Å². The minimum atomic E-state index is -1.62. The number of thiophene rings is 1. The van der Waals surface area contributed by atoms with E-state index in [0.717, 1.165) is 154 Å². The Morgan fingerprint density at radius 1 is 0.286 bits per heavy atom. The standard InChI is InChI=1S/C114H92BN3S/c1-109(2,3)75-50-56-99-89(63-75)90-64-76(110(4,5)6)51-57-100(90)116(99)81-67-104-106-105(68-81)118-101-45-29-40-86-85-39-28-44-95(107(85)119-108(86)101)113(74-34-20-15-21-35-74,77-48-52-94-88(65-77)84-38-24-27-43-93(84)114(94)91-41-25-22-36-82(91)83-37-23-26-42-92(83)114)78-49-54-97(103(118)66-78)115(106)96-53-46-72(73-58-79(111(7,8)9)62-80(59-73)112(10,11)12)61-102(96)117(104)98-55-47-71(69-30-16-13-17-31-69)60-87(98)70-32-18-14-19-33-70/h13-68H,1-12H3/i15D,20D,21D,34D,35D. The summed E-state index contributed by atoms with van der Waals surface area (Å²) in [7, 11) is 0. The number of nitrogens with zero attached hydrogens (tertiary/aromatic N) is 3. The zero-order chi connectivity index (χ0) is 85.1. The van der Waals surface area contributed by atoms with E-state index in [1.807, 2.05) is 0 Å². The van der Waals surface area contributed by atoms with Crippen molar-refractivity contribution in [3.63, 3.8) is 0 Å². The van der Waals surface area contributed by atoms with E-state index in [-0.39, 0.29) is 39.3 Å². The first-order valence-electron chi connectivity index (χ1n) is 44.6. The summed E-state index contributed by atoms with van der Waals surface area (Å²) in [6.45, 7) is 27.4. The second-order valence-electron chi connectivity index (χ2n) is 37.9. The Morgan fingerprint density at radius 3 is 1.38 bits per heavy atom. The molecule has 0 saturated heterocycles. The fourth-order valence-electron chi connectivity index (χ4n) is 21.3. The van der Waals surface area contributed by atoms with E-state index in [9.17, 15) is 6.85 Å². The summed E-state index contributed by atoms with van der Waals surface area (Å²) in [5.41, 5.74) is 33.2. The van der Waals surface area contributed by atoms with Crippen LogP contribution in [0.5, 0.6) is 0 Å². The first-order valence-corrected chi connectivity index (χ1v) is 43.0. The van der Waals surface area contributed by atoms with E-state index in [4.69, 9.17) is 0 Å². The molecule has 1 unspecified atom stereocenters. The van der Waals surface area contributed by atoms with Gasteiger partial charge in [0.2, 0.25) is 0 Å². The monoisotopic (exact) mass is 1550 g/mol. The average molecular weight is 1550 g/mol. The third-order valence-electron chi connectivity index (χ3n) is 27.1. The van der Waals surface area contributed by atoms with Gasteiger partial charge in [-0.05, 0) is 228 Å². The van der Waals surface area contributed by atoms with E-state index in [0.29, 0.717) is 0 Å². The molecule has 5 aliphatic rings. The van der Waals surface area contributed by atoms with Gasteiger partial charge in [-0.3, -0.25) is 0 Å². The van der Waals surface area contributed by atoms with Crippen molar-refractivity contribution in [2.24, 2.45) is 0 Å². The van der Waals surface area contributed by atoms with Crippen molar-refractivity contribution in [1.82, 2.24) is 4.57 Å². The quantitative estimate of drug-likeness (QED) is 0.147. The molecule has 2 aromatic heterocycles. The molecule has 3 aliphatic heterocycles. The molecule has 0 fully saturated rings. The van der Waals surface area contributed by atoms with Crippen molar-refractivity contribution in [3.8, 4) is 61.3 Å². The molecule has 119 heavy (non-hydrogen) atoms. The highest BCUT2D eigenvalue weighted by Gasteiger charge is 2.54. The van der Waals surface area contributed by atoms with Gasteiger partial charge in [0.25, 0.3) is 6.71 Å². The maximum absolute atomic E-state index is 10.8. The third kappa shape index (κ3) is 10.3. The number of benzene rings is 16. The van der Waals surface area contributed by atoms with Crippen LogP contribution in [0.1, 0.15) is 157 Å². The van der Waals surface area contributed by atoms with Gasteiger partial charge >= 0.3 is 0 Å². The van der Waals surface area contributed by atoms with Crippen LogP contribution < -0.4 is 26.2 Å². The molecule has 5 heteroatoms. The van der Waals surface area contributed by atoms with E-state index in [1.165, 1.54) is 60.8 Å². The van der Waals surface area contributed by atoms with Gasteiger partial charge in [0.15, 0.2) is 0 Å². The van der Waals surface area contributed by atoms with Gasteiger partial charge in [-0.25, -0.2) is 0 Å². The zero-order valence-corrected chi connectivity index (χ0v) is 70.1. The van der Waals surface area contributed by atoms with E-state index < -0.39 is 35.7 Å². The first-order chi connectivity index (χ1) is 59.6. The number of aromatic nitrogens is 1. The summed E-state index contributed by atoms with van der Waals surface area (Å²) in [4.78, 5) is 5.21. The van der Waals surface area contributed by atoms with Crippen molar-refractivity contribution in [3.05, 3.63) is 406 Å². The van der Waals surface area contributed by atoms with Gasteiger partial charge < -0.3 is 14.4 Å². The van der Waals surface area contributed by atoms with Gasteiger partial charge in [0, 0.05) is 54.6 Å². The summed E-state index contributed by atoms with van der Waals surface area (Å²) in [6.07, 6.45) is 0. The summed E-state index contributed by atoms with van der Waals surface area (Å²) in [5, 5.41) is 4.45. The maximum atomic E-state index is 10.8. The van der Waals surface area contributed by atoms with E-state index in [2.05, 4.69) is 407 Å². The van der Waals surface area contributed by atoms with Crippen LogP contribution in [-0.4, -0.2) is 11.3 Å². The number of hydrogen-bond acceptors (Lipinski definition) is 3. The summed E-state index contributed by atoms with van der Waals surface area (Å²) < 4.78 is 55.6. The molecule has 3 nitrogen and oxygen atoms in total. The van der Waals surface area contributed by atoms with E-state index in [1.54, 1.807) is 11.3 Å². The van der Waals surface area contributed by atoms with Crippen molar-refractivity contribution in [2.75, 3.05) is 9.80 Å². The Labute approximate surface area is 710 Å². The molecule has 1 spiro atoms. The fourth-order valence-corrected chi connectivity index (χ4v) is 22.6. The zero-order valence-electron chi connectivity index (χ0n) is 74.3. The minimum absolute atomic E-state index is 0.148. The van der Waals surface area contributed by atoms with Crippen LogP contribution >= 0.6 is 11.3 Å². The Kier molecular flexibility index (Phi) is 14.1. The minimum Gasteiger partial charge on any atom is -0.311 e. The SMILES string of the molecule is [2H]c1c([2H])c([2H])c(C2(c3ccc4c(c3)-c3ccccc3C43c4ccccc4-c4ccccc43)c3ccc4c(c3)N(c3cc(-n5c6ccc(C(C)(C)C)cc6c6cc(C(C)(C)C)ccc65)cc5c3B4c3ccc(-c4cc(C(C)(C)C)cc(C(C)(C)C)c4)cc3N5c3ccc(-c4ccccc4)cc3-c3ccccc3)c3cccc4c3sc3c2cccc34)c([2H])c1[2H]. The molecule has 16 aromatic carbocycles. The van der Waals surface area contributed by atoms with Crippen LogP contribution in [0.4, 0.5) is 34.1 Å². The lowest BCUT2D eigenvalue weighted by molar-refractivity contribution is 0.569. The summed E-state index contributed by atoms with van der Waals surface area (Å²) in [5.74, 6) is 0. The second-order valence-corrected chi connectivity index (χ2v) is 39.0. The van der Waals surface area contributed by atoms with Gasteiger partial charge in [0.05, 0.1) is 50.5 Å². The molecule has 18 aromatic rings. The number of fused-ring (bicyclic) bond motifs is 20. The number of anilines is 6. The highest BCUT2D eigenvalue weighted by Crippen LogP contribution is 2.65. The summed E-state index contributed by atoms with van der Waals surface area (Å²) >= 11 is 1.74. The predicted molar refractivity (Wildman–Crippen MR) is 507 cm³/mol. The Balaban J connectivity index is 0.886. The third-order valence-corrected chi connectivity index (χ3v) is 28.4. The molecular weight excluding hydrogens is 1450 g/mol. The van der Waals surface area contributed by atoms with Gasteiger partial charge in [0.1, 0.15) is 0 Å². The normalized spacial score (nSPS) is 15.9. The number of hydrogen-bond donors (Lipinski definition) is 0. The summed E-state index contributed by atoms with van der Waals surface area (Å²) in [6, 6.07) is 115. The molecule has 0 N–H and O–H groups in total. The average Bonchev–Trinajstić information content (AvgIpc) is 1.16. The lowest BCUT2D eigenvalue weighted by Gasteiger charge is -2.46. The fraction of sp³-hybridized carbons (Fsp3) is 0.158. The van der Waals surface area contributed by atoms with Crippen LogP contribution in [0.15, 0.2) is 340 Å². The smallest absolute Gasteiger partial charge is 0.252 e. The molecular formula is C114H92BN3S. The van der Waals surface area contributed by atoms with Gasteiger partial charge in [-0.15, -0.1) is 11.3 Å². The molecule has 5 heterocycles. The lowest BCUT2D eigenvalue weighted by atomic mass is 9.33. The molecule has 2 aliphatic carbocycles. The van der Waals surface area contributed by atoms with Gasteiger partial charge in [-0.1, -0.05) is 350 Å². The van der Waals surface area contributed by atoms with Crippen molar-refractivity contribution >= 4 is 111 Å². The van der Waals surface area contributed by atoms with Crippen molar-refractivity contribution < 1.29 is 6.85 Å². The molecule has 4 bridgehead atoms. The molecule has 23 rings (SSSR count). The number of rotatable bonds is 7. The van der Waals surface area contributed by atoms with Crippen molar-refractivity contribution in [1.29, 1.82) is 0 Å². The van der Waals surface area contributed by atoms with Crippen LogP contribution in [0.3, 0.4) is 0 Å². The maximum Gasteiger partial charge on any atom is 0.252 e. The molecule has 0 radical (unpaired) electrons. The molecule has 572 valence electrons. The molecule has 0 amide bonds. The molecule has 1 atom stereocenters. The first kappa shape index (κ1) is 66.2. The highest BCUT2D eigenvalue weighted by atomic mass is 32.1. The Hall–Kier alpha value is -12.8. The molecule has 0 saturated carbocycles. The van der Waals surface area contributed by atoms with Gasteiger partial charge in [-0.2, -0.15) is 0 Å². The predicted octanol–water partition coefficient (Wildman–Crippen LogP) is 28.5. The lowest BCUT2D eigenvalue weighted by Crippen LogP contribution is -2.61. The Bertz CT molecular complexity index is 7520. The second kappa shape index (κ2) is 25.4. The highest BCUT2D eigenvalue weighted by molar-refractivity contribution is 7.26. The topological polar surface area (TPSA) is 11.4 Å². The Morgan fingerprint density at radius 2 is 0.773 bits per heavy atom. The van der Waals surface area contributed by atoms with Crippen LogP contribution in [-0.2, 0) is 32.5 Å². The largest absolute Gasteiger partial charge is 0.311 e. The van der Waals surface area contributed by atoms with Crippen LogP contribution in [0, 0.1) is 0 Å². The van der Waals surface area contributed by atoms with Crippen LogP contribution in [0.2, 0.25) is 0 Å². The van der Waals surface area contributed by atoms with Crippen molar-refractivity contribution in [2.45, 2.75) is 116 Å².